The van der Waals surface area contributed by atoms with Gasteiger partial charge in [-0.15, -0.1) is 11.8 Å². The molecule has 6 heteroatoms. The van der Waals surface area contributed by atoms with Gasteiger partial charge in [-0.05, 0) is 48.7 Å². The normalized spacial score (nSPS) is 11.2. The molecule has 3 aromatic rings. The van der Waals surface area contributed by atoms with E-state index in [1.54, 1.807) is 22.7 Å². The summed E-state index contributed by atoms with van der Waals surface area (Å²) in [6, 6.07) is 16.6. The Balaban J connectivity index is 1.82. The summed E-state index contributed by atoms with van der Waals surface area (Å²) in [5.41, 5.74) is 3.43. The van der Waals surface area contributed by atoms with Crippen molar-refractivity contribution in [1.29, 1.82) is 0 Å². The van der Waals surface area contributed by atoms with E-state index in [1.165, 1.54) is 16.0 Å². The molecule has 0 aliphatic rings. The van der Waals surface area contributed by atoms with E-state index in [0.717, 1.165) is 11.4 Å². The Morgan fingerprint density at radius 3 is 2.54 bits per heavy atom. The molecule has 1 aromatic heterocycles. The van der Waals surface area contributed by atoms with Crippen LogP contribution in [0.4, 0.5) is 0 Å². The first-order chi connectivity index (χ1) is 11.7. The molecule has 0 radical (unpaired) electrons. The van der Waals surface area contributed by atoms with Crippen molar-refractivity contribution in [2.75, 3.05) is 6.26 Å². The van der Waals surface area contributed by atoms with Crippen LogP contribution in [0.25, 0.3) is 0 Å². The summed E-state index contributed by atoms with van der Waals surface area (Å²) in [6.45, 7) is 2.06. The first kappa shape index (κ1) is 16.7. The zero-order valence-corrected chi connectivity index (χ0v) is 15.2. The predicted octanol–water partition coefficient (Wildman–Crippen LogP) is 4.44. The second kappa shape index (κ2) is 7.59. The fraction of sp³-hybridized carbons (Fsp3) is 0.167. The molecule has 0 bridgehead atoms. The largest absolute Gasteiger partial charge is 0.250 e. The third-order valence-corrected chi connectivity index (χ3v) is 4.65. The Morgan fingerprint density at radius 1 is 1.17 bits per heavy atom. The number of aromatic amines is 1. The lowest BCUT2D eigenvalue weighted by Gasteiger charge is -2.03. The lowest BCUT2D eigenvalue weighted by molar-refractivity contribution is 0.791. The second-order valence-electron chi connectivity index (χ2n) is 5.44. The van der Waals surface area contributed by atoms with Gasteiger partial charge in [0.2, 0.25) is 4.77 Å². The fourth-order valence-electron chi connectivity index (χ4n) is 2.26. The molecule has 2 aromatic carbocycles. The number of aryl methyl sites for hydroxylation is 1. The number of nitrogens with one attached hydrogen (secondary N) is 1. The minimum atomic E-state index is 0.495. The maximum absolute atomic E-state index is 5.29. The third-order valence-electron chi connectivity index (χ3n) is 3.64. The topological polar surface area (TPSA) is 46.0 Å². The summed E-state index contributed by atoms with van der Waals surface area (Å²) in [4.78, 5) is 1.25. The number of benzene rings is 2. The van der Waals surface area contributed by atoms with Crippen LogP contribution in [0.2, 0.25) is 0 Å². The van der Waals surface area contributed by atoms with Gasteiger partial charge < -0.3 is 0 Å². The Morgan fingerprint density at radius 2 is 1.88 bits per heavy atom. The average Bonchev–Trinajstić information content (AvgIpc) is 2.95. The van der Waals surface area contributed by atoms with Crippen LogP contribution in [-0.4, -0.2) is 27.3 Å². The van der Waals surface area contributed by atoms with Crippen molar-refractivity contribution in [2.45, 2.75) is 18.2 Å². The molecular formula is C18H18N4S2. The quantitative estimate of drug-likeness (QED) is 0.418. The van der Waals surface area contributed by atoms with Crippen LogP contribution in [0.3, 0.4) is 0 Å². The average molecular weight is 355 g/mol. The van der Waals surface area contributed by atoms with Gasteiger partial charge in [-0.2, -0.15) is 14.9 Å². The molecule has 122 valence electrons. The Bertz CT molecular complexity index is 890. The van der Waals surface area contributed by atoms with Gasteiger partial charge in [0.15, 0.2) is 5.82 Å². The van der Waals surface area contributed by atoms with E-state index in [-0.39, 0.29) is 0 Å². The highest BCUT2D eigenvalue weighted by Gasteiger charge is 2.06. The summed E-state index contributed by atoms with van der Waals surface area (Å²) < 4.78 is 2.17. The van der Waals surface area contributed by atoms with Crippen molar-refractivity contribution in [1.82, 2.24) is 14.9 Å². The molecule has 0 spiro atoms. The molecular weight excluding hydrogens is 336 g/mol. The summed E-state index contributed by atoms with van der Waals surface area (Å²) in [5.74, 6) is 0.792. The number of rotatable bonds is 5. The van der Waals surface area contributed by atoms with E-state index < -0.39 is 0 Å². The molecule has 0 amide bonds. The molecule has 1 N–H and O–H groups in total. The lowest BCUT2D eigenvalue weighted by atomic mass is 10.1. The van der Waals surface area contributed by atoms with Gasteiger partial charge in [-0.3, -0.25) is 5.10 Å². The van der Waals surface area contributed by atoms with Crippen LogP contribution in [-0.2, 0) is 6.42 Å². The monoisotopic (exact) mass is 354 g/mol. The zero-order chi connectivity index (χ0) is 16.9. The minimum absolute atomic E-state index is 0.495. The molecule has 0 saturated heterocycles. The van der Waals surface area contributed by atoms with Gasteiger partial charge in [-0.1, -0.05) is 42.0 Å². The number of thioether (sulfide) groups is 1. The van der Waals surface area contributed by atoms with Crippen molar-refractivity contribution in [2.24, 2.45) is 5.10 Å². The Kier molecular flexibility index (Phi) is 5.27. The number of aromatic nitrogens is 3. The molecule has 0 unspecified atom stereocenters. The fourth-order valence-corrected chi connectivity index (χ4v) is 2.87. The van der Waals surface area contributed by atoms with Gasteiger partial charge in [0.25, 0.3) is 0 Å². The molecule has 4 nitrogen and oxygen atoms in total. The SMILES string of the molecule is CSc1ccc(Cc2n[nH]c(=S)n2/N=C/c2ccc(C)cc2)cc1. The van der Waals surface area contributed by atoms with Crippen LogP contribution < -0.4 is 0 Å². The molecule has 0 aliphatic carbocycles. The molecule has 24 heavy (non-hydrogen) atoms. The third kappa shape index (κ3) is 4.01. The van der Waals surface area contributed by atoms with Crippen LogP contribution in [0.1, 0.15) is 22.5 Å². The molecule has 0 atom stereocenters. The highest BCUT2D eigenvalue weighted by Crippen LogP contribution is 2.16. The number of hydrogen-bond donors (Lipinski definition) is 1. The first-order valence-electron chi connectivity index (χ1n) is 7.56. The molecule has 3 rings (SSSR count). The highest BCUT2D eigenvalue weighted by atomic mass is 32.2. The van der Waals surface area contributed by atoms with Gasteiger partial charge in [0.05, 0.1) is 6.21 Å². The molecule has 1 heterocycles. The first-order valence-corrected chi connectivity index (χ1v) is 9.19. The van der Waals surface area contributed by atoms with Crippen LogP contribution in [0.15, 0.2) is 58.5 Å². The van der Waals surface area contributed by atoms with Crippen molar-refractivity contribution in [3.8, 4) is 0 Å². The summed E-state index contributed by atoms with van der Waals surface area (Å²) in [5, 5.41) is 11.6. The smallest absolute Gasteiger partial charge is 0.216 e. The van der Waals surface area contributed by atoms with Gasteiger partial charge in [0, 0.05) is 11.3 Å². The van der Waals surface area contributed by atoms with E-state index in [1.807, 2.05) is 12.1 Å². The van der Waals surface area contributed by atoms with E-state index >= 15 is 0 Å². The van der Waals surface area contributed by atoms with Gasteiger partial charge in [0.1, 0.15) is 0 Å². The van der Waals surface area contributed by atoms with Crippen molar-refractivity contribution >= 4 is 30.2 Å². The zero-order valence-electron chi connectivity index (χ0n) is 13.6. The van der Waals surface area contributed by atoms with Crippen molar-refractivity contribution in [3.05, 3.63) is 75.8 Å². The maximum atomic E-state index is 5.29. The van der Waals surface area contributed by atoms with E-state index in [0.29, 0.717) is 11.2 Å². The lowest BCUT2D eigenvalue weighted by Crippen LogP contribution is -2.00. The number of nitrogens with zero attached hydrogens (tertiary/aromatic N) is 3. The Labute approximate surface area is 150 Å². The standard InChI is InChI=1S/C18H18N4S2/c1-13-3-5-15(6-4-13)12-19-22-17(20-21-18(22)23)11-14-7-9-16(24-2)10-8-14/h3-10,12H,11H2,1-2H3,(H,21,23)/b19-12+. The predicted molar refractivity (Wildman–Crippen MR) is 103 cm³/mol. The van der Waals surface area contributed by atoms with Crippen LogP contribution in [0.5, 0.6) is 0 Å². The molecule has 0 saturated carbocycles. The van der Waals surface area contributed by atoms with Crippen molar-refractivity contribution < 1.29 is 0 Å². The highest BCUT2D eigenvalue weighted by molar-refractivity contribution is 7.98. The molecule has 0 aliphatic heterocycles. The van der Waals surface area contributed by atoms with Gasteiger partial charge >= 0.3 is 0 Å². The minimum Gasteiger partial charge on any atom is -0.250 e. The summed E-state index contributed by atoms with van der Waals surface area (Å²) in [7, 11) is 0. The van der Waals surface area contributed by atoms with E-state index in [4.69, 9.17) is 12.2 Å². The van der Waals surface area contributed by atoms with Crippen molar-refractivity contribution in [3.63, 3.8) is 0 Å². The second-order valence-corrected chi connectivity index (χ2v) is 6.70. The summed E-state index contributed by atoms with van der Waals surface area (Å²) >= 11 is 7.02. The van der Waals surface area contributed by atoms with Gasteiger partial charge in [-0.25, -0.2) is 0 Å². The van der Waals surface area contributed by atoms with Crippen LogP contribution in [0, 0.1) is 11.7 Å². The van der Waals surface area contributed by atoms with E-state index in [2.05, 4.69) is 64.9 Å². The van der Waals surface area contributed by atoms with Crippen LogP contribution >= 0.6 is 24.0 Å². The number of hydrogen-bond acceptors (Lipinski definition) is 4. The van der Waals surface area contributed by atoms with E-state index in [9.17, 15) is 0 Å². The number of H-pyrrole nitrogens is 1. The summed E-state index contributed by atoms with van der Waals surface area (Å²) in [6.07, 6.45) is 4.54. The molecule has 0 fully saturated rings. The maximum Gasteiger partial charge on any atom is 0.216 e. The Hall–Kier alpha value is -2.18.